The molecule has 0 aliphatic heterocycles. The molecule has 0 saturated carbocycles. The smallest absolute Gasteiger partial charge is 0.229 e. The first-order valence-electron chi connectivity index (χ1n) is 7.82. The monoisotopic (exact) mass is 330 g/mol. The van der Waals surface area contributed by atoms with Crippen LogP contribution in [0, 0.1) is 0 Å². The molecule has 0 saturated heterocycles. The molecule has 1 aromatic carbocycles. The van der Waals surface area contributed by atoms with E-state index in [1.165, 1.54) is 0 Å². The molecule has 0 unspecified atom stereocenters. The predicted octanol–water partition coefficient (Wildman–Crippen LogP) is 2.33. The van der Waals surface area contributed by atoms with Gasteiger partial charge >= 0.3 is 0 Å². The van der Waals surface area contributed by atoms with Crippen molar-refractivity contribution < 1.29 is 14.3 Å². The van der Waals surface area contributed by atoms with Gasteiger partial charge in [0.1, 0.15) is 11.6 Å². The van der Waals surface area contributed by atoms with Crippen molar-refractivity contribution in [2.45, 2.75) is 12.8 Å². The highest BCUT2D eigenvalue weighted by Gasteiger charge is 2.05. The average molecular weight is 330 g/mol. The third-order valence-electron chi connectivity index (χ3n) is 3.10. The molecular weight excluding hydrogens is 308 g/mol. The van der Waals surface area contributed by atoms with Crippen LogP contribution in [0.3, 0.4) is 0 Å². The number of amides is 1. The Hall–Kier alpha value is -2.67. The van der Waals surface area contributed by atoms with Gasteiger partial charge in [0.25, 0.3) is 0 Å². The van der Waals surface area contributed by atoms with E-state index in [1.54, 1.807) is 19.2 Å². The maximum absolute atomic E-state index is 11.8. The molecule has 0 aliphatic carbocycles. The molecule has 0 bridgehead atoms. The molecule has 0 spiro atoms. The Bertz CT molecular complexity index is 605. The minimum Gasteiger partial charge on any atom is -0.493 e. The summed E-state index contributed by atoms with van der Waals surface area (Å²) in [6, 6.07) is 12.9. The van der Waals surface area contributed by atoms with Crippen molar-refractivity contribution in [3.05, 3.63) is 42.5 Å². The number of hydrogen-bond acceptors (Lipinski definition) is 6. The summed E-state index contributed by atoms with van der Waals surface area (Å²) in [5, 5.41) is 13.8. The largest absolute Gasteiger partial charge is 0.493 e. The second kappa shape index (κ2) is 10.2. The standard InChI is InChI=1S/C17H22N4O3/c1-23-12-5-11-18-15-8-9-16(21-20-15)19-17(22)10-13-24-14-6-3-2-4-7-14/h2-4,6-9H,5,10-13H2,1H3,(H,18,20)(H,19,21,22). The Balaban J connectivity index is 1.67. The van der Waals surface area contributed by atoms with Gasteiger partial charge in [0.2, 0.25) is 5.91 Å². The van der Waals surface area contributed by atoms with E-state index in [9.17, 15) is 4.79 Å². The van der Waals surface area contributed by atoms with Gasteiger partial charge in [-0.15, -0.1) is 10.2 Å². The van der Waals surface area contributed by atoms with Crippen molar-refractivity contribution in [1.29, 1.82) is 0 Å². The van der Waals surface area contributed by atoms with Crippen LogP contribution in [0.4, 0.5) is 11.6 Å². The molecule has 128 valence electrons. The minimum absolute atomic E-state index is 0.166. The molecule has 0 fully saturated rings. The number of anilines is 2. The summed E-state index contributed by atoms with van der Waals surface area (Å²) in [6.45, 7) is 1.76. The first kappa shape index (κ1) is 17.7. The predicted molar refractivity (Wildman–Crippen MR) is 92.2 cm³/mol. The van der Waals surface area contributed by atoms with Gasteiger partial charge in [-0.25, -0.2) is 0 Å². The van der Waals surface area contributed by atoms with E-state index < -0.39 is 0 Å². The Kier molecular flexibility index (Phi) is 7.49. The highest BCUT2D eigenvalue weighted by Crippen LogP contribution is 2.09. The molecule has 0 radical (unpaired) electrons. The molecule has 7 heteroatoms. The Morgan fingerprint density at radius 3 is 2.50 bits per heavy atom. The first-order chi connectivity index (χ1) is 11.8. The summed E-state index contributed by atoms with van der Waals surface area (Å²) in [4.78, 5) is 11.8. The molecule has 1 amide bonds. The van der Waals surface area contributed by atoms with E-state index in [-0.39, 0.29) is 12.3 Å². The minimum atomic E-state index is -0.166. The number of nitrogens with zero attached hydrogens (tertiary/aromatic N) is 2. The summed E-state index contributed by atoms with van der Waals surface area (Å²) in [6.07, 6.45) is 1.13. The van der Waals surface area contributed by atoms with Crippen molar-refractivity contribution in [2.24, 2.45) is 0 Å². The third kappa shape index (κ3) is 6.62. The fourth-order valence-electron chi connectivity index (χ4n) is 1.91. The van der Waals surface area contributed by atoms with Crippen LogP contribution in [0.15, 0.2) is 42.5 Å². The molecule has 0 aliphatic rings. The molecule has 2 rings (SSSR count). The average Bonchev–Trinajstić information content (AvgIpc) is 2.61. The highest BCUT2D eigenvalue weighted by atomic mass is 16.5. The molecule has 2 N–H and O–H groups in total. The van der Waals surface area contributed by atoms with Crippen LogP contribution in [0.1, 0.15) is 12.8 Å². The van der Waals surface area contributed by atoms with Gasteiger partial charge in [-0.3, -0.25) is 4.79 Å². The van der Waals surface area contributed by atoms with Gasteiger partial charge < -0.3 is 20.1 Å². The van der Waals surface area contributed by atoms with Crippen LogP contribution in [0.5, 0.6) is 5.75 Å². The van der Waals surface area contributed by atoms with Gasteiger partial charge in [0, 0.05) is 20.3 Å². The van der Waals surface area contributed by atoms with E-state index in [4.69, 9.17) is 9.47 Å². The number of hydrogen-bond donors (Lipinski definition) is 2. The molecule has 2 aromatic rings. The lowest BCUT2D eigenvalue weighted by Crippen LogP contribution is -2.16. The van der Waals surface area contributed by atoms with E-state index >= 15 is 0 Å². The fourth-order valence-corrected chi connectivity index (χ4v) is 1.91. The van der Waals surface area contributed by atoms with Gasteiger partial charge in [0.15, 0.2) is 5.82 Å². The number of methoxy groups -OCH3 is 1. The second-order valence-electron chi connectivity index (χ2n) is 5.04. The molecule has 1 aromatic heterocycles. The summed E-state index contributed by atoms with van der Waals surface area (Å²) in [5.74, 6) is 1.66. The van der Waals surface area contributed by atoms with Crippen LogP contribution in [0.2, 0.25) is 0 Å². The van der Waals surface area contributed by atoms with Crippen LogP contribution in [-0.2, 0) is 9.53 Å². The third-order valence-corrected chi connectivity index (χ3v) is 3.10. The lowest BCUT2D eigenvalue weighted by molar-refractivity contribution is -0.116. The Morgan fingerprint density at radius 1 is 1.04 bits per heavy atom. The zero-order chi connectivity index (χ0) is 17.0. The molecule has 7 nitrogen and oxygen atoms in total. The highest BCUT2D eigenvalue weighted by molar-refractivity contribution is 5.89. The van der Waals surface area contributed by atoms with E-state index in [0.29, 0.717) is 24.8 Å². The topological polar surface area (TPSA) is 85.4 Å². The van der Waals surface area contributed by atoms with Crippen molar-refractivity contribution in [2.75, 3.05) is 37.5 Å². The summed E-state index contributed by atoms with van der Waals surface area (Å²) < 4.78 is 10.4. The fraction of sp³-hybridized carbons (Fsp3) is 0.353. The first-order valence-corrected chi connectivity index (χ1v) is 7.82. The van der Waals surface area contributed by atoms with Crippen molar-refractivity contribution >= 4 is 17.5 Å². The van der Waals surface area contributed by atoms with Crippen molar-refractivity contribution in [3.63, 3.8) is 0 Å². The zero-order valence-corrected chi connectivity index (χ0v) is 13.7. The number of para-hydroxylation sites is 1. The van der Waals surface area contributed by atoms with E-state index in [2.05, 4.69) is 20.8 Å². The zero-order valence-electron chi connectivity index (χ0n) is 13.7. The second-order valence-corrected chi connectivity index (χ2v) is 5.04. The van der Waals surface area contributed by atoms with Gasteiger partial charge in [-0.2, -0.15) is 0 Å². The molecule has 24 heavy (non-hydrogen) atoms. The maximum atomic E-state index is 11.8. The number of aromatic nitrogens is 2. The van der Waals surface area contributed by atoms with E-state index in [1.807, 2.05) is 30.3 Å². The van der Waals surface area contributed by atoms with Crippen LogP contribution < -0.4 is 15.4 Å². The normalized spacial score (nSPS) is 10.2. The van der Waals surface area contributed by atoms with Crippen LogP contribution >= 0.6 is 0 Å². The summed E-state index contributed by atoms with van der Waals surface area (Å²) >= 11 is 0. The van der Waals surface area contributed by atoms with Crippen LogP contribution in [-0.4, -0.2) is 43.0 Å². The van der Waals surface area contributed by atoms with Gasteiger partial charge in [-0.05, 0) is 30.7 Å². The lowest BCUT2D eigenvalue weighted by atomic mass is 10.3. The number of rotatable bonds is 10. The number of ether oxygens (including phenoxy) is 2. The quantitative estimate of drug-likeness (QED) is 0.650. The van der Waals surface area contributed by atoms with Crippen molar-refractivity contribution in [1.82, 2.24) is 10.2 Å². The summed E-state index contributed by atoms with van der Waals surface area (Å²) in [5.41, 5.74) is 0. The van der Waals surface area contributed by atoms with E-state index in [0.717, 1.165) is 18.7 Å². The Morgan fingerprint density at radius 2 is 1.79 bits per heavy atom. The molecular formula is C17H22N4O3. The van der Waals surface area contributed by atoms with Gasteiger partial charge in [0.05, 0.1) is 13.0 Å². The lowest BCUT2D eigenvalue weighted by Gasteiger charge is -2.07. The number of carbonyl (C=O) groups excluding carboxylic acids is 1. The van der Waals surface area contributed by atoms with Gasteiger partial charge in [-0.1, -0.05) is 18.2 Å². The number of nitrogens with one attached hydrogen (secondary N) is 2. The maximum Gasteiger partial charge on any atom is 0.229 e. The van der Waals surface area contributed by atoms with Crippen molar-refractivity contribution in [3.8, 4) is 5.75 Å². The summed E-state index contributed by atoms with van der Waals surface area (Å²) in [7, 11) is 1.67. The molecule has 0 atom stereocenters. The molecule has 1 heterocycles. The number of carbonyl (C=O) groups is 1. The Labute approximate surface area is 141 Å². The number of benzene rings is 1. The SMILES string of the molecule is COCCCNc1ccc(NC(=O)CCOc2ccccc2)nn1. The van der Waals surface area contributed by atoms with Crippen LogP contribution in [0.25, 0.3) is 0 Å².